The number of fused-ring (bicyclic) bond motifs is 1. The zero-order valence-electron chi connectivity index (χ0n) is 19.6. The van der Waals surface area contributed by atoms with Crippen LogP contribution in [0.25, 0.3) is 16.6 Å². The summed E-state index contributed by atoms with van der Waals surface area (Å²) in [5.41, 5.74) is 6.72. The Morgan fingerprint density at radius 3 is 2.94 bits per heavy atom. The predicted octanol–water partition coefficient (Wildman–Crippen LogP) is 3.66. The first-order valence-electron chi connectivity index (χ1n) is 11.5. The minimum absolute atomic E-state index is 0.0560. The first-order chi connectivity index (χ1) is 16.4. The Morgan fingerprint density at radius 2 is 2.21 bits per heavy atom. The van der Waals surface area contributed by atoms with Gasteiger partial charge < -0.3 is 14.9 Å². The van der Waals surface area contributed by atoms with Crippen molar-refractivity contribution >= 4 is 22.7 Å². The molecular weight excluding hydrogens is 434 g/mol. The number of carbonyl (C=O) groups excluding carboxylic acids is 1. The Balaban J connectivity index is 1.28. The van der Waals surface area contributed by atoms with E-state index in [0.717, 1.165) is 41.8 Å². The van der Waals surface area contributed by atoms with Gasteiger partial charge in [0.15, 0.2) is 0 Å². The van der Waals surface area contributed by atoms with Gasteiger partial charge in [-0.3, -0.25) is 14.6 Å². The second kappa shape index (κ2) is 8.94. The van der Waals surface area contributed by atoms with Crippen molar-refractivity contribution in [2.45, 2.75) is 58.4 Å². The second-order valence-corrected chi connectivity index (χ2v) is 9.49. The van der Waals surface area contributed by atoms with Crippen molar-refractivity contribution in [1.29, 1.82) is 0 Å². The van der Waals surface area contributed by atoms with Gasteiger partial charge in [0.05, 0.1) is 23.8 Å². The molecule has 5 rings (SSSR count). The fraction of sp³-hybridized carbons (Fsp3) is 0.417. The number of allylic oxidation sites excluding steroid dienone is 2. The first kappa shape index (κ1) is 22.1. The topological polar surface area (TPSA) is 99.3 Å². The number of aromatic nitrogens is 5. The van der Waals surface area contributed by atoms with Gasteiger partial charge in [-0.05, 0) is 63.8 Å². The summed E-state index contributed by atoms with van der Waals surface area (Å²) >= 11 is 0. The van der Waals surface area contributed by atoms with E-state index in [0.29, 0.717) is 12.1 Å². The maximum Gasteiger partial charge on any atom is 0.419 e. The fourth-order valence-electron chi connectivity index (χ4n) is 3.98. The van der Waals surface area contributed by atoms with E-state index in [1.807, 2.05) is 56.5 Å². The van der Waals surface area contributed by atoms with Crippen LogP contribution in [0.15, 0.2) is 49.2 Å². The number of nitrogens with zero attached hydrogens (tertiary/aromatic N) is 6. The molecule has 0 saturated carbocycles. The summed E-state index contributed by atoms with van der Waals surface area (Å²) < 4.78 is 14.6. The number of rotatable bonds is 4. The van der Waals surface area contributed by atoms with Crippen LogP contribution in [-0.2, 0) is 16.0 Å². The third kappa shape index (κ3) is 4.81. The van der Waals surface area contributed by atoms with Gasteiger partial charge in [-0.25, -0.2) is 9.48 Å². The lowest BCUT2D eigenvalue weighted by atomic mass is 10.1. The van der Waals surface area contributed by atoms with E-state index in [9.17, 15) is 4.79 Å². The van der Waals surface area contributed by atoms with Crippen molar-refractivity contribution in [3.8, 4) is 0 Å². The summed E-state index contributed by atoms with van der Waals surface area (Å²) in [4.78, 5) is 17.0. The standard InChI is InChI=1S/C24H29N7O3/c1-24(2,3)34-23(32)30-9-8-19-21(30)12-17(13-25-19)15-29-16-20(27-28-29)18-7-10-31(26-14-18)22-6-4-5-11-33-22/h7-10,12-14,16,22,26H,4-6,11,15H2,1-3H3. The number of carbonyl (C=O) groups is 1. The highest BCUT2D eigenvalue weighted by atomic mass is 16.6. The molecule has 0 bridgehead atoms. The Morgan fingerprint density at radius 1 is 1.32 bits per heavy atom. The summed E-state index contributed by atoms with van der Waals surface area (Å²) in [6.07, 6.45) is 14.2. The van der Waals surface area contributed by atoms with Crippen molar-refractivity contribution in [1.82, 2.24) is 35.0 Å². The van der Waals surface area contributed by atoms with Crippen molar-refractivity contribution in [2.75, 3.05) is 6.61 Å². The van der Waals surface area contributed by atoms with Crippen LogP contribution in [0, 0.1) is 0 Å². The van der Waals surface area contributed by atoms with E-state index in [4.69, 9.17) is 9.47 Å². The van der Waals surface area contributed by atoms with Crippen LogP contribution in [0.2, 0.25) is 0 Å². The molecule has 34 heavy (non-hydrogen) atoms. The van der Waals surface area contributed by atoms with Gasteiger partial charge in [-0.15, -0.1) is 5.10 Å². The maximum atomic E-state index is 12.6. The Kier molecular flexibility index (Phi) is 5.82. The Bertz CT molecular complexity index is 1240. The minimum atomic E-state index is -0.576. The minimum Gasteiger partial charge on any atom is -0.443 e. The quantitative estimate of drug-likeness (QED) is 0.626. The highest BCUT2D eigenvalue weighted by Gasteiger charge is 2.21. The van der Waals surface area contributed by atoms with E-state index in [2.05, 4.69) is 20.7 Å². The van der Waals surface area contributed by atoms with E-state index < -0.39 is 11.7 Å². The van der Waals surface area contributed by atoms with Crippen LogP contribution in [-0.4, -0.2) is 54.1 Å². The molecule has 0 amide bonds. The molecule has 1 atom stereocenters. The third-order valence-electron chi connectivity index (χ3n) is 5.61. The normalized spacial score (nSPS) is 18.6. The van der Waals surface area contributed by atoms with Crippen LogP contribution in [0.5, 0.6) is 0 Å². The lowest BCUT2D eigenvalue weighted by Crippen LogP contribution is -2.43. The first-order valence-corrected chi connectivity index (χ1v) is 11.5. The monoisotopic (exact) mass is 463 g/mol. The number of hydrogen-bond donors (Lipinski definition) is 1. The van der Waals surface area contributed by atoms with Crippen molar-refractivity contribution in [3.63, 3.8) is 0 Å². The third-order valence-corrected chi connectivity index (χ3v) is 5.61. The number of hydrazine groups is 1. The number of ether oxygens (including phenoxy) is 2. The molecule has 5 heterocycles. The summed E-state index contributed by atoms with van der Waals surface area (Å²) in [6, 6.07) is 3.73. The SMILES string of the molecule is CC(C)(C)OC(=O)n1ccc2ncc(Cn3cc(C4=CNN(C5CCCCO5)C=C4)nn3)cc21. The zero-order valence-corrected chi connectivity index (χ0v) is 19.6. The molecule has 1 fully saturated rings. The molecule has 0 spiro atoms. The fourth-order valence-corrected chi connectivity index (χ4v) is 3.98. The molecule has 3 aromatic heterocycles. The molecule has 0 aliphatic carbocycles. The molecule has 178 valence electrons. The number of nitrogens with one attached hydrogen (secondary N) is 1. The van der Waals surface area contributed by atoms with Crippen molar-refractivity contribution in [3.05, 3.63) is 60.5 Å². The molecular formula is C24H29N7O3. The van der Waals surface area contributed by atoms with Gasteiger partial charge in [-0.1, -0.05) is 5.21 Å². The average Bonchev–Trinajstić information content (AvgIpc) is 3.46. The van der Waals surface area contributed by atoms with Gasteiger partial charge in [-0.2, -0.15) is 0 Å². The molecule has 2 aliphatic rings. The smallest absolute Gasteiger partial charge is 0.419 e. The molecule has 2 aliphatic heterocycles. The van der Waals surface area contributed by atoms with Gasteiger partial charge in [0.25, 0.3) is 0 Å². The van der Waals surface area contributed by atoms with Crippen LogP contribution < -0.4 is 5.43 Å². The molecule has 10 heteroatoms. The van der Waals surface area contributed by atoms with Gasteiger partial charge in [0.1, 0.15) is 17.5 Å². The van der Waals surface area contributed by atoms with Gasteiger partial charge in [0.2, 0.25) is 0 Å². The van der Waals surface area contributed by atoms with Crippen LogP contribution in [0.4, 0.5) is 4.79 Å². The lowest BCUT2D eigenvalue weighted by molar-refractivity contribution is -0.0793. The molecule has 1 N–H and O–H groups in total. The highest BCUT2D eigenvalue weighted by Crippen LogP contribution is 2.22. The van der Waals surface area contributed by atoms with Gasteiger partial charge in [0, 0.05) is 37.0 Å². The Labute approximate surface area is 197 Å². The largest absolute Gasteiger partial charge is 0.443 e. The predicted molar refractivity (Wildman–Crippen MR) is 126 cm³/mol. The molecule has 0 radical (unpaired) electrons. The number of hydrogen-bond acceptors (Lipinski definition) is 8. The van der Waals surface area contributed by atoms with E-state index in [1.165, 1.54) is 11.0 Å². The van der Waals surface area contributed by atoms with Crippen LogP contribution in [0.3, 0.4) is 0 Å². The lowest BCUT2D eigenvalue weighted by Gasteiger charge is -2.34. The molecule has 3 aromatic rings. The molecule has 1 unspecified atom stereocenters. The summed E-state index contributed by atoms with van der Waals surface area (Å²) in [7, 11) is 0. The van der Waals surface area contributed by atoms with E-state index in [-0.39, 0.29) is 6.23 Å². The van der Waals surface area contributed by atoms with Crippen molar-refractivity contribution < 1.29 is 14.3 Å². The molecule has 0 aromatic carbocycles. The molecule has 10 nitrogen and oxygen atoms in total. The van der Waals surface area contributed by atoms with Gasteiger partial charge >= 0.3 is 6.09 Å². The number of pyridine rings is 1. The molecule has 1 saturated heterocycles. The Hall–Kier alpha value is -3.66. The van der Waals surface area contributed by atoms with Crippen LogP contribution >= 0.6 is 0 Å². The zero-order chi connectivity index (χ0) is 23.7. The van der Waals surface area contributed by atoms with Crippen molar-refractivity contribution in [2.24, 2.45) is 0 Å². The van der Waals surface area contributed by atoms with E-state index in [1.54, 1.807) is 23.1 Å². The summed E-state index contributed by atoms with van der Waals surface area (Å²) in [6.45, 7) is 6.80. The maximum absolute atomic E-state index is 12.6. The average molecular weight is 464 g/mol. The van der Waals surface area contributed by atoms with E-state index >= 15 is 0 Å². The summed E-state index contributed by atoms with van der Waals surface area (Å²) in [5, 5.41) is 10.6. The summed E-state index contributed by atoms with van der Waals surface area (Å²) in [5.74, 6) is 0. The van der Waals surface area contributed by atoms with Crippen LogP contribution in [0.1, 0.15) is 51.3 Å². The highest BCUT2D eigenvalue weighted by molar-refractivity contribution is 5.87. The second-order valence-electron chi connectivity index (χ2n) is 9.49.